The van der Waals surface area contributed by atoms with Crippen LogP contribution in [0.1, 0.15) is 22.8 Å². The van der Waals surface area contributed by atoms with Crippen LogP contribution in [-0.4, -0.2) is 54.2 Å². The van der Waals surface area contributed by atoms with Gasteiger partial charge in [-0.1, -0.05) is 72.3 Å². The van der Waals surface area contributed by atoms with E-state index < -0.39 is 5.25 Å². The van der Waals surface area contributed by atoms with Crippen molar-refractivity contribution in [2.75, 3.05) is 37.5 Å². The Kier molecular flexibility index (Phi) is 8.84. The number of amides is 2. The van der Waals surface area contributed by atoms with Crippen LogP contribution in [-0.2, 0) is 14.3 Å². The number of carbonyl (C=O) groups excluding carboxylic acids is 2. The highest BCUT2D eigenvalue weighted by Crippen LogP contribution is 2.49. The van der Waals surface area contributed by atoms with Gasteiger partial charge in [0, 0.05) is 37.0 Å². The molecule has 1 aliphatic rings. The van der Waals surface area contributed by atoms with Gasteiger partial charge in [-0.15, -0.1) is 11.8 Å². The number of hydrogen-bond acceptors (Lipinski definition) is 5. The Morgan fingerprint density at radius 2 is 1.82 bits per heavy atom. The number of methoxy groups -OCH3 is 1. The zero-order valence-corrected chi connectivity index (χ0v) is 23.4. The number of nitrogens with one attached hydrogen (secondary N) is 1. The molecule has 2 amide bonds. The van der Waals surface area contributed by atoms with Crippen molar-refractivity contribution in [2.45, 2.75) is 11.7 Å². The summed E-state index contributed by atoms with van der Waals surface area (Å²) in [5, 5.41) is 7.69. The molecule has 0 bridgehead atoms. The molecule has 40 heavy (non-hydrogen) atoms. The van der Waals surface area contributed by atoms with Crippen LogP contribution in [0.15, 0.2) is 78.9 Å². The number of aromatic nitrogens is 2. The quantitative estimate of drug-likeness (QED) is 0.260. The molecule has 4 aromatic rings. The number of ether oxygens (including phenoxy) is 1. The number of hydrogen-bond donors (Lipinski definition) is 1. The molecular weight excluding hydrogens is 551 g/mol. The first kappa shape index (κ1) is 27.9. The summed E-state index contributed by atoms with van der Waals surface area (Å²) in [5.74, 6) is -0.557. The van der Waals surface area contributed by atoms with Crippen molar-refractivity contribution in [1.29, 1.82) is 0 Å². The average molecular weight is 579 g/mol. The second kappa shape index (κ2) is 12.7. The van der Waals surface area contributed by atoms with Gasteiger partial charge in [0.25, 0.3) is 0 Å². The molecule has 0 saturated carbocycles. The van der Waals surface area contributed by atoms with Gasteiger partial charge in [0.15, 0.2) is 0 Å². The van der Waals surface area contributed by atoms with Gasteiger partial charge >= 0.3 is 0 Å². The van der Waals surface area contributed by atoms with Crippen LogP contribution in [0.3, 0.4) is 0 Å². The highest BCUT2D eigenvalue weighted by Gasteiger charge is 2.38. The number of benzene rings is 3. The third-order valence-corrected chi connectivity index (χ3v) is 8.11. The number of rotatable bonds is 9. The summed E-state index contributed by atoms with van der Waals surface area (Å²) in [6.07, 6.45) is 0.641. The normalized spacial score (nSPS) is 15.0. The van der Waals surface area contributed by atoms with Gasteiger partial charge in [-0.2, -0.15) is 5.10 Å². The Hall–Kier alpha value is -3.66. The van der Waals surface area contributed by atoms with Crippen LogP contribution in [0, 0.1) is 5.82 Å². The van der Waals surface area contributed by atoms with Gasteiger partial charge in [-0.3, -0.25) is 14.5 Å². The molecule has 3 aromatic carbocycles. The van der Waals surface area contributed by atoms with E-state index in [1.165, 1.54) is 22.7 Å². The minimum Gasteiger partial charge on any atom is -0.385 e. The fourth-order valence-corrected chi connectivity index (χ4v) is 6.13. The van der Waals surface area contributed by atoms with Crippen molar-refractivity contribution >= 4 is 41.0 Å². The molecule has 1 aromatic heterocycles. The van der Waals surface area contributed by atoms with E-state index in [9.17, 15) is 9.59 Å². The maximum atomic E-state index is 15.3. The molecule has 1 atom stereocenters. The molecule has 1 N–H and O–H groups in total. The number of fused-ring (bicyclic) bond motifs is 1. The average Bonchev–Trinajstić information content (AvgIpc) is 3.29. The van der Waals surface area contributed by atoms with E-state index in [0.717, 1.165) is 5.56 Å². The van der Waals surface area contributed by atoms with Crippen LogP contribution in [0.4, 0.5) is 10.2 Å². The molecule has 0 spiro atoms. The molecule has 7 nitrogen and oxygen atoms in total. The van der Waals surface area contributed by atoms with Crippen molar-refractivity contribution < 1.29 is 18.7 Å². The van der Waals surface area contributed by atoms with Crippen molar-refractivity contribution in [2.24, 2.45) is 0 Å². The second-order valence-corrected chi connectivity index (χ2v) is 10.7. The Labute approximate surface area is 241 Å². The Morgan fingerprint density at radius 1 is 1.10 bits per heavy atom. The van der Waals surface area contributed by atoms with Crippen LogP contribution in [0.25, 0.3) is 16.9 Å². The predicted molar refractivity (Wildman–Crippen MR) is 157 cm³/mol. The number of carbonyl (C=O) groups is 2. The summed E-state index contributed by atoms with van der Waals surface area (Å²) >= 11 is 7.96. The summed E-state index contributed by atoms with van der Waals surface area (Å²) in [5.41, 5.74) is 2.99. The number of thioether (sulfide) groups is 1. The monoisotopic (exact) mass is 578 g/mol. The van der Waals surface area contributed by atoms with Gasteiger partial charge in [-0.05, 0) is 24.6 Å². The van der Waals surface area contributed by atoms with E-state index in [0.29, 0.717) is 52.9 Å². The fourth-order valence-electron chi connectivity index (χ4n) is 4.70. The molecule has 0 aliphatic carbocycles. The zero-order valence-electron chi connectivity index (χ0n) is 21.8. The fraction of sp³-hybridized carbons (Fsp3) is 0.233. The highest BCUT2D eigenvalue weighted by molar-refractivity contribution is 8.00. The van der Waals surface area contributed by atoms with Crippen LogP contribution >= 0.6 is 23.4 Å². The Morgan fingerprint density at radius 3 is 2.58 bits per heavy atom. The number of anilines is 1. The summed E-state index contributed by atoms with van der Waals surface area (Å²) in [7, 11) is 1.60. The molecule has 1 unspecified atom stereocenters. The third kappa shape index (κ3) is 5.77. The number of para-hydroxylation sites is 1. The Bertz CT molecular complexity index is 1510. The lowest BCUT2D eigenvalue weighted by Crippen LogP contribution is -2.42. The topological polar surface area (TPSA) is 76.5 Å². The van der Waals surface area contributed by atoms with Gasteiger partial charge in [-0.25, -0.2) is 9.07 Å². The lowest BCUT2D eigenvalue weighted by Gasteiger charge is -2.23. The minimum absolute atomic E-state index is 0.0430. The molecule has 2 heterocycles. The van der Waals surface area contributed by atoms with Gasteiger partial charge < -0.3 is 10.1 Å². The van der Waals surface area contributed by atoms with Gasteiger partial charge in [0.2, 0.25) is 11.8 Å². The molecule has 10 heteroatoms. The van der Waals surface area contributed by atoms with Gasteiger partial charge in [0.05, 0.1) is 27.4 Å². The Balaban J connectivity index is 1.73. The summed E-state index contributed by atoms with van der Waals surface area (Å²) in [6, 6.07) is 23.2. The molecule has 0 fully saturated rings. The van der Waals surface area contributed by atoms with Gasteiger partial charge in [0.1, 0.15) is 18.2 Å². The van der Waals surface area contributed by atoms with Crippen molar-refractivity contribution in [3.63, 3.8) is 0 Å². The first-order valence-corrected chi connectivity index (χ1v) is 14.3. The molecule has 5 rings (SSSR count). The van der Waals surface area contributed by atoms with Crippen LogP contribution < -0.4 is 10.2 Å². The minimum atomic E-state index is -0.568. The third-order valence-electron chi connectivity index (χ3n) is 6.55. The van der Waals surface area contributed by atoms with Crippen molar-refractivity contribution in [3.05, 3.63) is 101 Å². The molecule has 0 radical (unpaired) electrons. The van der Waals surface area contributed by atoms with Crippen molar-refractivity contribution in [3.8, 4) is 16.9 Å². The summed E-state index contributed by atoms with van der Waals surface area (Å²) in [4.78, 5) is 28.2. The van der Waals surface area contributed by atoms with Crippen LogP contribution in [0.2, 0.25) is 5.02 Å². The first-order valence-electron chi connectivity index (χ1n) is 12.8. The van der Waals surface area contributed by atoms with E-state index >= 15 is 4.39 Å². The van der Waals surface area contributed by atoms with Crippen molar-refractivity contribution in [1.82, 2.24) is 15.1 Å². The second-order valence-electron chi connectivity index (χ2n) is 9.20. The number of nitrogens with zero attached hydrogens (tertiary/aromatic N) is 3. The smallest absolute Gasteiger partial charge is 0.240 e. The zero-order chi connectivity index (χ0) is 28.1. The maximum absolute atomic E-state index is 15.3. The molecule has 1 aliphatic heterocycles. The standard InChI is InChI=1S/C30H28ClFN4O3S/c1-39-17-9-16-33-25(37)18-35-26(38)19-40-29(21-12-5-7-14-23(21)32)27-28(20-10-3-2-4-11-20)34-36(30(27)35)24-15-8-6-13-22(24)31/h2-8,10-15,29H,9,16-19H2,1H3,(H,33,37). The summed E-state index contributed by atoms with van der Waals surface area (Å²) < 4.78 is 22.0. The summed E-state index contributed by atoms with van der Waals surface area (Å²) in [6.45, 7) is 0.689. The highest BCUT2D eigenvalue weighted by atomic mass is 35.5. The van der Waals surface area contributed by atoms with E-state index in [4.69, 9.17) is 21.4 Å². The van der Waals surface area contributed by atoms with E-state index in [1.807, 2.05) is 36.4 Å². The molecule has 206 valence electrons. The van der Waals surface area contributed by atoms with E-state index in [-0.39, 0.29) is 29.9 Å². The predicted octanol–water partition coefficient (Wildman–Crippen LogP) is 5.65. The maximum Gasteiger partial charge on any atom is 0.240 e. The largest absolute Gasteiger partial charge is 0.385 e. The number of halogens is 2. The SMILES string of the molecule is COCCCNC(=O)CN1C(=O)CSC(c2ccccc2F)c2c(-c3ccccc3)nn(-c3ccccc3Cl)c21. The van der Waals surface area contributed by atoms with E-state index in [2.05, 4.69) is 5.32 Å². The lowest BCUT2D eigenvalue weighted by molar-refractivity contribution is -0.122. The lowest BCUT2D eigenvalue weighted by atomic mass is 9.99. The molecule has 0 saturated heterocycles. The first-order chi connectivity index (χ1) is 19.5. The van der Waals surface area contributed by atoms with Crippen LogP contribution in [0.5, 0.6) is 0 Å². The van der Waals surface area contributed by atoms with E-state index in [1.54, 1.807) is 48.2 Å². The molecular formula is C30H28ClFN4O3S.